The molecule has 0 spiro atoms. The molecule has 0 aliphatic heterocycles. The Hall–Kier alpha value is -1.82. The normalized spacial score (nSPS) is 28.2. The van der Waals surface area contributed by atoms with Crippen LogP contribution < -0.4 is 0 Å². The highest BCUT2D eigenvalue weighted by molar-refractivity contribution is 5.83. The number of benzene rings is 1. The SMILES string of the molecule is C1=CC2=CC=CC3c4ccccc4C(=C1)C23. The Kier molecular flexibility index (Phi) is 1.49. The second kappa shape index (κ2) is 2.85. The van der Waals surface area contributed by atoms with Crippen LogP contribution in [0.1, 0.15) is 17.0 Å². The van der Waals surface area contributed by atoms with E-state index >= 15 is 0 Å². The summed E-state index contributed by atoms with van der Waals surface area (Å²) in [4.78, 5) is 0. The summed E-state index contributed by atoms with van der Waals surface area (Å²) in [5, 5.41) is 0. The van der Waals surface area contributed by atoms with Crippen molar-refractivity contribution in [3.05, 3.63) is 77.4 Å². The van der Waals surface area contributed by atoms with Gasteiger partial charge >= 0.3 is 0 Å². The first-order chi connectivity index (χ1) is 7.95. The Morgan fingerprint density at radius 3 is 2.88 bits per heavy atom. The number of rotatable bonds is 0. The van der Waals surface area contributed by atoms with E-state index in [9.17, 15) is 0 Å². The fourth-order valence-electron chi connectivity index (χ4n) is 3.20. The topological polar surface area (TPSA) is 0 Å². The van der Waals surface area contributed by atoms with Crippen LogP contribution in [0.15, 0.2) is 66.3 Å². The zero-order chi connectivity index (χ0) is 10.5. The van der Waals surface area contributed by atoms with Crippen LogP contribution >= 0.6 is 0 Å². The maximum Gasteiger partial charge on any atom is 0.0199 e. The molecule has 16 heavy (non-hydrogen) atoms. The molecular formula is C16H12. The van der Waals surface area contributed by atoms with Gasteiger partial charge in [0.25, 0.3) is 0 Å². The van der Waals surface area contributed by atoms with E-state index in [1.54, 1.807) is 0 Å². The molecule has 1 aromatic rings. The van der Waals surface area contributed by atoms with E-state index < -0.39 is 0 Å². The van der Waals surface area contributed by atoms with Crippen LogP contribution in [0.3, 0.4) is 0 Å². The second-order valence-electron chi connectivity index (χ2n) is 4.62. The van der Waals surface area contributed by atoms with Crippen molar-refractivity contribution in [3.63, 3.8) is 0 Å². The van der Waals surface area contributed by atoms with E-state index in [1.807, 2.05) is 0 Å². The fourth-order valence-corrected chi connectivity index (χ4v) is 3.20. The van der Waals surface area contributed by atoms with E-state index in [0.717, 1.165) is 0 Å². The molecule has 2 atom stereocenters. The molecule has 76 valence electrons. The molecule has 0 radical (unpaired) electrons. The third-order valence-electron chi connectivity index (χ3n) is 3.86. The lowest BCUT2D eigenvalue weighted by Crippen LogP contribution is -2.11. The van der Waals surface area contributed by atoms with Gasteiger partial charge in [-0.15, -0.1) is 0 Å². The second-order valence-corrected chi connectivity index (χ2v) is 4.62. The van der Waals surface area contributed by atoms with Crippen LogP contribution in [0.25, 0.3) is 5.57 Å². The fraction of sp³-hybridized carbons (Fsp3) is 0.125. The average Bonchev–Trinajstić information content (AvgIpc) is 2.68. The molecule has 3 aliphatic rings. The molecule has 0 bridgehead atoms. The van der Waals surface area contributed by atoms with Gasteiger partial charge in [0.05, 0.1) is 0 Å². The van der Waals surface area contributed by atoms with Crippen LogP contribution in [0, 0.1) is 5.92 Å². The lowest BCUT2D eigenvalue weighted by molar-refractivity contribution is 0.721. The summed E-state index contributed by atoms with van der Waals surface area (Å²) in [5.74, 6) is 1.14. The highest BCUT2D eigenvalue weighted by Gasteiger charge is 2.37. The summed E-state index contributed by atoms with van der Waals surface area (Å²) in [6.07, 6.45) is 13.5. The standard InChI is InChI=1S/C16H12/c1-2-8-13-12(7-1)14-9-3-5-11-6-4-10-15(13)16(11)14/h1-10,14,16H. The smallest absolute Gasteiger partial charge is 0.0199 e. The number of hydrogen-bond donors (Lipinski definition) is 0. The summed E-state index contributed by atoms with van der Waals surface area (Å²) in [6, 6.07) is 8.81. The van der Waals surface area contributed by atoms with Crippen LogP contribution in [-0.4, -0.2) is 0 Å². The first-order valence-corrected chi connectivity index (χ1v) is 5.81. The lowest BCUT2D eigenvalue weighted by Gasteiger charge is -2.24. The molecular weight excluding hydrogens is 192 g/mol. The maximum atomic E-state index is 2.34. The number of fused-ring (bicyclic) bond motifs is 3. The Balaban J connectivity index is 2.05. The highest BCUT2D eigenvalue weighted by Crippen LogP contribution is 2.52. The molecule has 0 aromatic heterocycles. The van der Waals surface area contributed by atoms with Gasteiger partial charge in [-0.25, -0.2) is 0 Å². The van der Waals surface area contributed by atoms with Crippen molar-refractivity contribution in [3.8, 4) is 0 Å². The zero-order valence-corrected chi connectivity index (χ0v) is 8.93. The van der Waals surface area contributed by atoms with Crippen molar-refractivity contribution < 1.29 is 0 Å². The summed E-state index contributed by atoms with van der Waals surface area (Å²) in [5.41, 5.74) is 5.89. The van der Waals surface area contributed by atoms with Gasteiger partial charge in [-0.2, -0.15) is 0 Å². The predicted molar refractivity (Wildman–Crippen MR) is 67.0 cm³/mol. The first-order valence-electron chi connectivity index (χ1n) is 5.81. The third-order valence-corrected chi connectivity index (χ3v) is 3.86. The minimum Gasteiger partial charge on any atom is -0.0760 e. The van der Waals surface area contributed by atoms with Crippen molar-refractivity contribution in [1.82, 2.24) is 0 Å². The van der Waals surface area contributed by atoms with E-state index in [-0.39, 0.29) is 0 Å². The van der Waals surface area contributed by atoms with E-state index in [1.165, 1.54) is 22.3 Å². The molecule has 0 nitrogen and oxygen atoms in total. The molecule has 0 amide bonds. The average molecular weight is 204 g/mol. The molecule has 0 N–H and O–H groups in total. The van der Waals surface area contributed by atoms with Gasteiger partial charge in [-0.3, -0.25) is 0 Å². The minimum atomic E-state index is 0.562. The van der Waals surface area contributed by atoms with Gasteiger partial charge in [0, 0.05) is 11.8 Å². The third kappa shape index (κ3) is 0.898. The van der Waals surface area contributed by atoms with E-state index in [4.69, 9.17) is 0 Å². The molecule has 0 heterocycles. The van der Waals surface area contributed by atoms with E-state index in [0.29, 0.717) is 11.8 Å². The summed E-state index contributed by atoms with van der Waals surface area (Å²) in [7, 11) is 0. The van der Waals surface area contributed by atoms with Crippen molar-refractivity contribution >= 4 is 5.57 Å². The van der Waals surface area contributed by atoms with Gasteiger partial charge in [0.15, 0.2) is 0 Å². The van der Waals surface area contributed by atoms with Crippen LogP contribution in [0.5, 0.6) is 0 Å². The molecule has 0 saturated carbocycles. The summed E-state index contributed by atoms with van der Waals surface area (Å²) >= 11 is 0. The molecule has 0 heteroatoms. The van der Waals surface area contributed by atoms with Crippen molar-refractivity contribution in [2.75, 3.05) is 0 Å². The Bertz CT molecular complexity index is 582. The number of hydrogen-bond acceptors (Lipinski definition) is 0. The molecule has 2 unspecified atom stereocenters. The maximum absolute atomic E-state index is 2.34. The van der Waals surface area contributed by atoms with Crippen LogP contribution in [0.2, 0.25) is 0 Å². The first kappa shape index (κ1) is 8.35. The Morgan fingerprint density at radius 1 is 0.938 bits per heavy atom. The van der Waals surface area contributed by atoms with Crippen molar-refractivity contribution in [1.29, 1.82) is 0 Å². The van der Waals surface area contributed by atoms with Gasteiger partial charge in [0.1, 0.15) is 0 Å². The Morgan fingerprint density at radius 2 is 1.88 bits per heavy atom. The number of allylic oxidation sites excluding steroid dienone is 8. The molecule has 3 aliphatic carbocycles. The monoisotopic (exact) mass is 204 g/mol. The van der Waals surface area contributed by atoms with Crippen molar-refractivity contribution in [2.24, 2.45) is 5.92 Å². The van der Waals surface area contributed by atoms with Gasteiger partial charge in [0.2, 0.25) is 0 Å². The van der Waals surface area contributed by atoms with Crippen LogP contribution in [0.4, 0.5) is 0 Å². The minimum absolute atomic E-state index is 0.562. The molecule has 0 saturated heterocycles. The summed E-state index contributed by atoms with van der Waals surface area (Å²) in [6.45, 7) is 0. The summed E-state index contributed by atoms with van der Waals surface area (Å²) < 4.78 is 0. The lowest BCUT2D eigenvalue weighted by atomic mass is 9.79. The van der Waals surface area contributed by atoms with Gasteiger partial charge < -0.3 is 0 Å². The largest absolute Gasteiger partial charge is 0.0760 e. The highest BCUT2D eigenvalue weighted by atomic mass is 14.4. The zero-order valence-electron chi connectivity index (χ0n) is 8.93. The van der Waals surface area contributed by atoms with E-state index in [2.05, 4.69) is 60.7 Å². The predicted octanol–water partition coefficient (Wildman–Crippen LogP) is 3.85. The Labute approximate surface area is 95.3 Å². The molecule has 1 aromatic carbocycles. The van der Waals surface area contributed by atoms with Gasteiger partial charge in [-0.1, -0.05) is 60.7 Å². The molecule has 4 rings (SSSR count). The quantitative estimate of drug-likeness (QED) is 0.602. The van der Waals surface area contributed by atoms with Crippen molar-refractivity contribution in [2.45, 2.75) is 5.92 Å². The van der Waals surface area contributed by atoms with Gasteiger partial charge in [-0.05, 0) is 22.3 Å². The van der Waals surface area contributed by atoms with Crippen LogP contribution in [-0.2, 0) is 0 Å². The molecule has 0 fully saturated rings.